The van der Waals surface area contributed by atoms with Crippen molar-refractivity contribution in [2.75, 3.05) is 0 Å². The number of nitrogens with one attached hydrogen (secondary N) is 1. The van der Waals surface area contributed by atoms with E-state index < -0.39 is 0 Å². The third kappa shape index (κ3) is 2.27. The molecule has 0 atom stereocenters. The molecule has 0 fully saturated rings. The Kier molecular flexibility index (Phi) is 2.86. The van der Waals surface area contributed by atoms with E-state index in [-0.39, 0.29) is 0 Å². The number of benzene rings is 1. The SMILES string of the molecule is CCCc1ccc(-c2cc(C)[nH]n2)cc1. The van der Waals surface area contributed by atoms with Crippen molar-refractivity contribution in [2.45, 2.75) is 26.7 Å². The Balaban J connectivity index is 2.23. The molecule has 1 aromatic carbocycles. The molecule has 2 rings (SSSR count). The largest absolute Gasteiger partial charge is 0.282 e. The van der Waals surface area contributed by atoms with Crippen molar-refractivity contribution in [3.8, 4) is 11.3 Å². The van der Waals surface area contributed by atoms with E-state index in [1.165, 1.54) is 17.5 Å². The summed E-state index contributed by atoms with van der Waals surface area (Å²) in [6.45, 7) is 4.22. The van der Waals surface area contributed by atoms with Crippen LogP contribution in [0.25, 0.3) is 11.3 Å². The maximum atomic E-state index is 4.24. The molecule has 2 nitrogen and oxygen atoms in total. The highest BCUT2D eigenvalue weighted by atomic mass is 15.1. The van der Waals surface area contributed by atoms with Crippen LogP contribution in [0, 0.1) is 6.92 Å². The maximum absolute atomic E-state index is 4.24. The Bertz CT molecular complexity index is 426. The van der Waals surface area contributed by atoms with Gasteiger partial charge in [-0.1, -0.05) is 37.6 Å². The molecule has 0 radical (unpaired) electrons. The van der Waals surface area contributed by atoms with Crippen molar-refractivity contribution >= 4 is 0 Å². The first-order chi connectivity index (χ1) is 7.29. The minimum absolute atomic E-state index is 1.02. The van der Waals surface area contributed by atoms with Crippen LogP contribution in [0.4, 0.5) is 0 Å². The van der Waals surface area contributed by atoms with Gasteiger partial charge in [0.15, 0.2) is 0 Å². The lowest BCUT2D eigenvalue weighted by Crippen LogP contribution is -1.83. The molecular formula is C13H16N2. The van der Waals surface area contributed by atoms with E-state index in [1.807, 2.05) is 6.92 Å². The zero-order valence-electron chi connectivity index (χ0n) is 9.25. The maximum Gasteiger partial charge on any atom is 0.0923 e. The van der Waals surface area contributed by atoms with Crippen molar-refractivity contribution in [1.29, 1.82) is 0 Å². The highest BCUT2D eigenvalue weighted by Gasteiger charge is 2.01. The molecule has 0 aliphatic carbocycles. The molecule has 0 aliphatic rings. The molecule has 15 heavy (non-hydrogen) atoms. The topological polar surface area (TPSA) is 28.7 Å². The number of hydrogen-bond donors (Lipinski definition) is 1. The van der Waals surface area contributed by atoms with E-state index in [0.29, 0.717) is 0 Å². The molecular weight excluding hydrogens is 184 g/mol. The third-order valence-electron chi connectivity index (χ3n) is 2.49. The fourth-order valence-electron chi connectivity index (χ4n) is 1.70. The Morgan fingerprint density at radius 1 is 1.20 bits per heavy atom. The van der Waals surface area contributed by atoms with E-state index >= 15 is 0 Å². The first kappa shape index (κ1) is 9.97. The van der Waals surface area contributed by atoms with Gasteiger partial charge in [0.25, 0.3) is 0 Å². The number of aromatic amines is 1. The molecule has 0 spiro atoms. The molecule has 2 heteroatoms. The monoisotopic (exact) mass is 200 g/mol. The summed E-state index contributed by atoms with van der Waals surface area (Å²) in [6.07, 6.45) is 2.35. The van der Waals surface area contributed by atoms with Crippen LogP contribution in [0.5, 0.6) is 0 Å². The van der Waals surface area contributed by atoms with Gasteiger partial charge >= 0.3 is 0 Å². The van der Waals surface area contributed by atoms with Gasteiger partial charge in [-0.25, -0.2) is 0 Å². The zero-order valence-corrected chi connectivity index (χ0v) is 9.25. The molecule has 0 bridgehead atoms. The van der Waals surface area contributed by atoms with Gasteiger partial charge in [0.1, 0.15) is 0 Å². The van der Waals surface area contributed by atoms with Crippen LogP contribution in [-0.2, 0) is 6.42 Å². The van der Waals surface area contributed by atoms with Gasteiger partial charge in [-0.2, -0.15) is 5.10 Å². The Hall–Kier alpha value is -1.57. The number of nitrogens with zero attached hydrogens (tertiary/aromatic N) is 1. The minimum atomic E-state index is 1.02. The van der Waals surface area contributed by atoms with Gasteiger partial charge in [-0.3, -0.25) is 5.10 Å². The summed E-state index contributed by atoms with van der Waals surface area (Å²) in [7, 11) is 0. The van der Waals surface area contributed by atoms with E-state index in [1.54, 1.807) is 0 Å². The second kappa shape index (κ2) is 4.30. The van der Waals surface area contributed by atoms with Gasteiger partial charge in [0, 0.05) is 11.3 Å². The number of rotatable bonds is 3. The highest BCUT2D eigenvalue weighted by molar-refractivity contribution is 5.59. The van der Waals surface area contributed by atoms with Gasteiger partial charge in [-0.15, -0.1) is 0 Å². The predicted molar refractivity (Wildman–Crippen MR) is 62.8 cm³/mol. The molecule has 0 saturated carbocycles. The van der Waals surface area contributed by atoms with E-state index in [9.17, 15) is 0 Å². The first-order valence-corrected chi connectivity index (χ1v) is 5.41. The summed E-state index contributed by atoms with van der Waals surface area (Å²) in [4.78, 5) is 0. The smallest absolute Gasteiger partial charge is 0.0923 e. The fourth-order valence-corrected chi connectivity index (χ4v) is 1.70. The Labute approximate surface area is 90.3 Å². The predicted octanol–water partition coefficient (Wildman–Crippen LogP) is 3.34. The molecule has 1 N–H and O–H groups in total. The summed E-state index contributed by atoms with van der Waals surface area (Å²) in [5.41, 5.74) is 4.70. The lowest BCUT2D eigenvalue weighted by Gasteiger charge is -2.00. The van der Waals surface area contributed by atoms with Crippen molar-refractivity contribution < 1.29 is 0 Å². The fraction of sp³-hybridized carbons (Fsp3) is 0.308. The van der Waals surface area contributed by atoms with Crippen molar-refractivity contribution in [3.05, 3.63) is 41.6 Å². The summed E-state index contributed by atoms with van der Waals surface area (Å²) >= 11 is 0. The normalized spacial score (nSPS) is 10.5. The zero-order chi connectivity index (χ0) is 10.7. The van der Waals surface area contributed by atoms with Crippen molar-refractivity contribution in [3.63, 3.8) is 0 Å². The third-order valence-corrected chi connectivity index (χ3v) is 2.49. The van der Waals surface area contributed by atoms with Gasteiger partial charge in [-0.05, 0) is 25.0 Å². The molecule has 1 heterocycles. The Morgan fingerprint density at radius 3 is 2.47 bits per heavy atom. The summed E-state index contributed by atoms with van der Waals surface area (Å²) in [5, 5.41) is 7.19. The number of aromatic nitrogens is 2. The molecule has 0 aliphatic heterocycles. The molecule has 1 aromatic heterocycles. The quantitative estimate of drug-likeness (QED) is 0.808. The van der Waals surface area contributed by atoms with E-state index in [2.05, 4.69) is 47.5 Å². The van der Waals surface area contributed by atoms with Gasteiger partial charge in [0.05, 0.1) is 5.69 Å². The first-order valence-electron chi connectivity index (χ1n) is 5.41. The van der Waals surface area contributed by atoms with Gasteiger partial charge in [0.2, 0.25) is 0 Å². The second-order valence-electron chi connectivity index (χ2n) is 3.88. The molecule has 78 valence electrons. The van der Waals surface area contributed by atoms with E-state index in [0.717, 1.165) is 17.8 Å². The lowest BCUT2D eigenvalue weighted by atomic mass is 10.1. The average molecular weight is 200 g/mol. The number of H-pyrrole nitrogens is 1. The van der Waals surface area contributed by atoms with Crippen molar-refractivity contribution in [2.24, 2.45) is 0 Å². The van der Waals surface area contributed by atoms with Crippen LogP contribution >= 0.6 is 0 Å². The number of hydrogen-bond acceptors (Lipinski definition) is 1. The van der Waals surface area contributed by atoms with Crippen LogP contribution in [-0.4, -0.2) is 10.2 Å². The number of aryl methyl sites for hydroxylation is 2. The van der Waals surface area contributed by atoms with Crippen molar-refractivity contribution in [1.82, 2.24) is 10.2 Å². The van der Waals surface area contributed by atoms with Crippen LogP contribution in [0.2, 0.25) is 0 Å². The Morgan fingerprint density at radius 2 is 1.93 bits per heavy atom. The second-order valence-corrected chi connectivity index (χ2v) is 3.88. The molecule has 0 unspecified atom stereocenters. The summed E-state index contributed by atoms with van der Waals surface area (Å²) < 4.78 is 0. The molecule has 0 amide bonds. The summed E-state index contributed by atoms with van der Waals surface area (Å²) in [6, 6.07) is 10.7. The van der Waals surface area contributed by atoms with Crippen LogP contribution in [0.1, 0.15) is 24.6 Å². The minimum Gasteiger partial charge on any atom is -0.282 e. The average Bonchev–Trinajstić information content (AvgIpc) is 2.67. The standard InChI is InChI=1S/C13H16N2/c1-3-4-11-5-7-12(8-6-11)13-9-10(2)14-15-13/h5-9H,3-4H2,1-2H3,(H,14,15). The lowest BCUT2D eigenvalue weighted by molar-refractivity contribution is 0.922. The van der Waals surface area contributed by atoms with Crippen LogP contribution in [0.15, 0.2) is 30.3 Å². The van der Waals surface area contributed by atoms with Crippen LogP contribution < -0.4 is 0 Å². The highest BCUT2D eigenvalue weighted by Crippen LogP contribution is 2.18. The summed E-state index contributed by atoms with van der Waals surface area (Å²) in [5.74, 6) is 0. The van der Waals surface area contributed by atoms with Gasteiger partial charge < -0.3 is 0 Å². The van der Waals surface area contributed by atoms with Crippen LogP contribution in [0.3, 0.4) is 0 Å². The van der Waals surface area contributed by atoms with E-state index in [4.69, 9.17) is 0 Å². The molecule has 2 aromatic rings. The molecule has 0 saturated heterocycles.